The van der Waals surface area contributed by atoms with E-state index in [1.807, 2.05) is 0 Å². The van der Waals surface area contributed by atoms with E-state index in [2.05, 4.69) is 15.3 Å². The molecule has 0 radical (unpaired) electrons. The first kappa shape index (κ1) is 17.2. The maximum Gasteiger partial charge on any atom is 0.343 e. The molecule has 1 aromatic heterocycles. The molecule has 7 nitrogen and oxygen atoms in total. The number of carbonyl (C=O) groups is 1. The van der Waals surface area contributed by atoms with Crippen molar-refractivity contribution in [2.75, 3.05) is 6.61 Å². The van der Waals surface area contributed by atoms with Gasteiger partial charge in [0.2, 0.25) is 0 Å². The molecule has 0 atom stereocenters. The lowest BCUT2D eigenvalue weighted by Gasteiger charge is -2.08. The molecule has 1 aromatic carbocycles. The third-order valence-corrected chi connectivity index (χ3v) is 2.74. The van der Waals surface area contributed by atoms with Gasteiger partial charge in [0.15, 0.2) is 11.6 Å². The molecule has 126 valence electrons. The maximum atomic E-state index is 13.8. The van der Waals surface area contributed by atoms with Gasteiger partial charge in [0, 0.05) is 6.07 Å². The Morgan fingerprint density at radius 3 is 2.50 bits per heavy atom. The first-order valence-corrected chi connectivity index (χ1v) is 6.58. The molecular formula is C14H11F3N4O3. The minimum absolute atomic E-state index is 0.0314. The summed E-state index contributed by atoms with van der Waals surface area (Å²) in [5.41, 5.74) is -1.28. The van der Waals surface area contributed by atoms with Crippen LogP contribution in [0.15, 0.2) is 35.5 Å². The van der Waals surface area contributed by atoms with Crippen LogP contribution in [-0.4, -0.2) is 38.8 Å². The first-order valence-electron chi connectivity index (χ1n) is 6.58. The van der Waals surface area contributed by atoms with Crippen LogP contribution in [0.3, 0.4) is 0 Å². The number of aromatic nitrogens is 3. The highest BCUT2D eigenvalue weighted by Crippen LogP contribution is 2.22. The minimum Gasteiger partial charge on any atom is -0.506 e. The summed E-state index contributed by atoms with van der Waals surface area (Å²) in [6.45, 7) is 1.48. The zero-order valence-electron chi connectivity index (χ0n) is 12.3. The summed E-state index contributed by atoms with van der Waals surface area (Å²) in [5, 5.41) is 20.8. The number of halogens is 3. The second kappa shape index (κ2) is 7.40. The van der Waals surface area contributed by atoms with Gasteiger partial charge in [-0.2, -0.15) is 5.10 Å². The normalized spacial score (nSPS) is 12.3. The van der Waals surface area contributed by atoms with Crippen molar-refractivity contribution in [3.05, 3.63) is 53.4 Å². The SMILES string of the molecule is CCOC(=O)C(C=Nn1cnnc1)=C(O)c1cc(F)c(F)cc1F. The molecule has 1 heterocycles. The van der Waals surface area contributed by atoms with Gasteiger partial charge in [0.05, 0.1) is 18.4 Å². The molecular weight excluding hydrogens is 329 g/mol. The van der Waals surface area contributed by atoms with E-state index in [1.54, 1.807) is 0 Å². The zero-order chi connectivity index (χ0) is 17.7. The number of nitrogens with zero attached hydrogens (tertiary/aromatic N) is 4. The monoisotopic (exact) mass is 340 g/mol. The zero-order valence-corrected chi connectivity index (χ0v) is 12.3. The molecule has 24 heavy (non-hydrogen) atoms. The van der Waals surface area contributed by atoms with E-state index in [4.69, 9.17) is 4.74 Å². The lowest BCUT2D eigenvalue weighted by Crippen LogP contribution is -2.12. The van der Waals surface area contributed by atoms with Crippen LogP contribution in [0.1, 0.15) is 12.5 Å². The molecule has 0 aliphatic carbocycles. The molecule has 2 aromatic rings. The quantitative estimate of drug-likeness (QED) is 0.296. The molecule has 0 aliphatic rings. The van der Waals surface area contributed by atoms with Crippen LogP contribution in [0, 0.1) is 17.5 Å². The number of carbonyl (C=O) groups excluding carboxylic acids is 1. The lowest BCUT2D eigenvalue weighted by atomic mass is 10.1. The van der Waals surface area contributed by atoms with Crippen molar-refractivity contribution in [2.45, 2.75) is 6.92 Å². The molecule has 0 fully saturated rings. The van der Waals surface area contributed by atoms with Crippen molar-refractivity contribution in [2.24, 2.45) is 5.10 Å². The molecule has 0 unspecified atom stereocenters. The fourth-order valence-corrected chi connectivity index (χ4v) is 1.65. The van der Waals surface area contributed by atoms with Crippen molar-refractivity contribution in [3.8, 4) is 0 Å². The number of benzene rings is 1. The second-order valence-corrected chi connectivity index (χ2v) is 4.32. The Morgan fingerprint density at radius 1 is 1.25 bits per heavy atom. The molecule has 0 saturated heterocycles. The van der Waals surface area contributed by atoms with Crippen LogP contribution in [0.25, 0.3) is 5.76 Å². The Bertz CT molecular complexity index is 804. The maximum absolute atomic E-state index is 13.8. The van der Waals surface area contributed by atoms with E-state index in [0.29, 0.717) is 6.07 Å². The number of aliphatic hydroxyl groups is 1. The van der Waals surface area contributed by atoms with E-state index < -0.39 is 40.3 Å². The molecule has 0 bridgehead atoms. The smallest absolute Gasteiger partial charge is 0.343 e. The molecule has 0 aliphatic heterocycles. The van der Waals surface area contributed by atoms with Crippen LogP contribution in [0.5, 0.6) is 0 Å². The summed E-state index contributed by atoms with van der Waals surface area (Å²) in [5.74, 6) is -6.07. The Hall–Kier alpha value is -3.17. The Morgan fingerprint density at radius 2 is 1.88 bits per heavy atom. The predicted octanol–water partition coefficient (Wildman–Crippen LogP) is 2.06. The summed E-state index contributed by atoms with van der Waals surface area (Å²) in [6.07, 6.45) is 3.24. The van der Waals surface area contributed by atoms with Crippen molar-refractivity contribution in [3.63, 3.8) is 0 Å². The molecule has 2 rings (SSSR count). The van der Waals surface area contributed by atoms with Gasteiger partial charge in [-0.3, -0.25) is 0 Å². The summed E-state index contributed by atoms with van der Waals surface area (Å²) in [4.78, 5) is 11.9. The van der Waals surface area contributed by atoms with Crippen LogP contribution < -0.4 is 0 Å². The van der Waals surface area contributed by atoms with Crippen molar-refractivity contribution in [1.82, 2.24) is 14.9 Å². The van der Waals surface area contributed by atoms with Crippen LogP contribution in [-0.2, 0) is 9.53 Å². The van der Waals surface area contributed by atoms with E-state index in [1.165, 1.54) is 19.6 Å². The van der Waals surface area contributed by atoms with Gasteiger partial charge >= 0.3 is 5.97 Å². The number of ether oxygens (including phenoxy) is 1. The number of aliphatic hydroxyl groups excluding tert-OH is 1. The van der Waals surface area contributed by atoms with Crippen molar-refractivity contribution in [1.29, 1.82) is 0 Å². The lowest BCUT2D eigenvalue weighted by molar-refractivity contribution is -0.137. The van der Waals surface area contributed by atoms with Gasteiger partial charge in [-0.15, -0.1) is 10.2 Å². The summed E-state index contributed by atoms with van der Waals surface area (Å²) in [7, 11) is 0. The van der Waals surface area contributed by atoms with Gasteiger partial charge in [0.25, 0.3) is 0 Å². The first-order chi connectivity index (χ1) is 11.4. The van der Waals surface area contributed by atoms with Crippen LogP contribution in [0.4, 0.5) is 13.2 Å². The fraction of sp³-hybridized carbons (Fsp3) is 0.143. The van der Waals surface area contributed by atoms with Crippen LogP contribution >= 0.6 is 0 Å². The van der Waals surface area contributed by atoms with Gasteiger partial charge in [-0.1, -0.05) is 0 Å². The topological polar surface area (TPSA) is 89.6 Å². The van der Waals surface area contributed by atoms with E-state index in [0.717, 1.165) is 10.9 Å². The molecule has 10 heteroatoms. The Balaban J connectivity index is 2.53. The van der Waals surface area contributed by atoms with E-state index in [9.17, 15) is 23.1 Å². The molecule has 1 N–H and O–H groups in total. The van der Waals surface area contributed by atoms with Crippen LogP contribution in [0.2, 0.25) is 0 Å². The Kier molecular flexibility index (Phi) is 5.30. The fourth-order valence-electron chi connectivity index (χ4n) is 1.65. The Labute approximate surface area is 133 Å². The van der Waals surface area contributed by atoms with Crippen molar-refractivity contribution < 1.29 is 27.8 Å². The average Bonchev–Trinajstić information content (AvgIpc) is 3.04. The highest BCUT2D eigenvalue weighted by Gasteiger charge is 2.21. The van der Waals surface area contributed by atoms with Crippen molar-refractivity contribution >= 4 is 17.9 Å². The van der Waals surface area contributed by atoms with E-state index >= 15 is 0 Å². The van der Waals surface area contributed by atoms with Gasteiger partial charge in [-0.05, 0) is 13.0 Å². The molecule has 0 amide bonds. The predicted molar refractivity (Wildman–Crippen MR) is 76.4 cm³/mol. The van der Waals surface area contributed by atoms with Gasteiger partial charge < -0.3 is 9.84 Å². The average molecular weight is 340 g/mol. The third-order valence-electron chi connectivity index (χ3n) is 2.74. The number of hydrogen-bond acceptors (Lipinski definition) is 6. The number of rotatable bonds is 5. The minimum atomic E-state index is -1.43. The molecule has 0 saturated carbocycles. The largest absolute Gasteiger partial charge is 0.506 e. The van der Waals surface area contributed by atoms with Gasteiger partial charge in [-0.25, -0.2) is 22.6 Å². The molecule has 0 spiro atoms. The summed E-state index contributed by atoms with van der Waals surface area (Å²) < 4.78 is 45.9. The third kappa shape index (κ3) is 3.77. The van der Waals surface area contributed by atoms with Gasteiger partial charge in [0.1, 0.15) is 29.8 Å². The van der Waals surface area contributed by atoms with E-state index in [-0.39, 0.29) is 12.7 Å². The second-order valence-electron chi connectivity index (χ2n) is 4.32. The summed E-state index contributed by atoms with van der Waals surface area (Å²) in [6, 6.07) is 0.673. The standard InChI is InChI=1S/C14H11F3N4O3/c1-2-24-14(23)9(5-20-21-6-18-19-7-21)13(22)8-3-11(16)12(17)4-10(8)15/h3-7,22H,2H2,1H3. The summed E-state index contributed by atoms with van der Waals surface area (Å²) >= 11 is 0. The highest BCUT2D eigenvalue weighted by atomic mass is 19.2. The number of hydrogen-bond donors (Lipinski definition) is 1. The highest BCUT2D eigenvalue weighted by molar-refractivity contribution is 6.15. The number of esters is 1.